The summed E-state index contributed by atoms with van der Waals surface area (Å²) in [4.78, 5) is 30.1. The van der Waals surface area contributed by atoms with Crippen LogP contribution >= 0.6 is 15.9 Å². The Morgan fingerprint density at radius 2 is 1.76 bits per heavy atom. The van der Waals surface area contributed by atoms with Crippen LogP contribution in [0.25, 0.3) is 5.76 Å². The fourth-order valence-electron chi connectivity index (χ4n) is 4.22. The van der Waals surface area contributed by atoms with Gasteiger partial charge >= 0.3 is 0 Å². The topological polar surface area (TPSA) is 70.1 Å². The molecule has 1 N–H and O–H groups in total. The maximum absolute atomic E-state index is 13.2. The highest BCUT2D eigenvalue weighted by Crippen LogP contribution is 2.40. The van der Waals surface area contributed by atoms with Crippen molar-refractivity contribution < 1.29 is 19.4 Å². The fourth-order valence-corrected chi connectivity index (χ4v) is 4.48. The van der Waals surface area contributed by atoms with Crippen molar-refractivity contribution in [3.63, 3.8) is 0 Å². The molecule has 34 heavy (non-hydrogen) atoms. The van der Waals surface area contributed by atoms with Crippen LogP contribution in [0.15, 0.2) is 52.5 Å². The first-order valence-corrected chi connectivity index (χ1v) is 12.6. The predicted molar refractivity (Wildman–Crippen MR) is 138 cm³/mol. The van der Waals surface area contributed by atoms with Gasteiger partial charge in [-0.05, 0) is 67.9 Å². The largest absolute Gasteiger partial charge is 0.507 e. The number of likely N-dealkylation sites (N-methyl/N-ethyl adjacent to an activating group) is 1. The molecule has 0 radical (unpaired) electrons. The van der Waals surface area contributed by atoms with Crippen LogP contribution in [0.3, 0.4) is 0 Å². The fraction of sp³-hybridized carbons (Fsp3) is 0.407. The number of ether oxygens (including phenoxy) is 1. The molecule has 0 aromatic heterocycles. The lowest BCUT2D eigenvalue weighted by Gasteiger charge is -2.28. The van der Waals surface area contributed by atoms with Gasteiger partial charge in [0, 0.05) is 23.1 Å². The average Bonchev–Trinajstić information content (AvgIpc) is 3.09. The summed E-state index contributed by atoms with van der Waals surface area (Å²) in [6.45, 7) is 11.4. The Hall–Kier alpha value is -2.64. The number of aliphatic hydroxyl groups excluding tert-OH is 1. The molecule has 2 aromatic rings. The van der Waals surface area contributed by atoms with Gasteiger partial charge in [0.25, 0.3) is 11.7 Å². The Balaban J connectivity index is 2.06. The Bertz CT molecular complexity index is 1060. The second kappa shape index (κ2) is 11.7. The number of rotatable bonds is 10. The lowest BCUT2D eigenvalue weighted by Crippen LogP contribution is -2.38. The SMILES string of the molecule is CCCOc1ccc(/C(O)=C2\C(=O)C(=O)N(CCN(CC)CC)C2c2ccc(Br)cc2)cc1C. The molecule has 7 heteroatoms. The van der Waals surface area contributed by atoms with Crippen molar-refractivity contribution in [2.24, 2.45) is 0 Å². The van der Waals surface area contributed by atoms with Crippen molar-refractivity contribution in [1.29, 1.82) is 0 Å². The number of carbonyl (C=O) groups is 2. The van der Waals surface area contributed by atoms with E-state index in [4.69, 9.17) is 4.74 Å². The van der Waals surface area contributed by atoms with Crippen LogP contribution in [0.5, 0.6) is 5.75 Å². The van der Waals surface area contributed by atoms with Gasteiger partial charge in [-0.25, -0.2) is 0 Å². The summed E-state index contributed by atoms with van der Waals surface area (Å²) >= 11 is 3.45. The van der Waals surface area contributed by atoms with E-state index in [1.807, 2.05) is 38.1 Å². The van der Waals surface area contributed by atoms with Crippen LogP contribution in [0.4, 0.5) is 0 Å². The zero-order valence-electron chi connectivity index (χ0n) is 20.3. The first-order chi connectivity index (χ1) is 16.3. The first-order valence-electron chi connectivity index (χ1n) is 11.8. The smallest absolute Gasteiger partial charge is 0.295 e. The number of amides is 1. The number of nitrogens with zero attached hydrogens (tertiary/aromatic N) is 2. The van der Waals surface area contributed by atoms with Gasteiger partial charge in [0.2, 0.25) is 0 Å². The minimum atomic E-state index is -0.658. The molecular formula is C27H33BrN2O4. The van der Waals surface area contributed by atoms with Crippen LogP contribution in [0.1, 0.15) is 49.9 Å². The van der Waals surface area contributed by atoms with E-state index in [2.05, 4.69) is 34.7 Å². The Morgan fingerprint density at radius 3 is 2.35 bits per heavy atom. The highest BCUT2D eigenvalue weighted by atomic mass is 79.9. The number of aliphatic hydroxyl groups is 1. The number of Topliss-reactive ketones (excluding diaryl/α,β-unsaturated/α-hetero) is 1. The van der Waals surface area contributed by atoms with Gasteiger partial charge in [-0.3, -0.25) is 9.59 Å². The lowest BCUT2D eigenvalue weighted by molar-refractivity contribution is -0.140. The zero-order valence-corrected chi connectivity index (χ0v) is 21.9. The molecular weight excluding hydrogens is 496 g/mol. The van der Waals surface area contributed by atoms with Gasteiger partial charge < -0.3 is 19.6 Å². The van der Waals surface area contributed by atoms with Crippen LogP contribution < -0.4 is 4.74 Å². The molecule has 0 saturated carbocycles. The normalized spacial score (nSPS) is 17.6. The molecule has 1 aliphatic rings. The molecule has 1 unspecified atom stereocenters. The van der Waals surface area contributed by atoms with Gasteiger partial charge in [0.15, 0.2) is 0 Å². The minimum absolute atomic E-state index is 0.119. The molecule has 1 amide bonds. The molecule has 3 rings (SSSR count). The van der Waals surface area contributed by atoms with E-state index in [0.29, 0.717) is 25.3 Å². The number of carbonyl (C=O) groups excluding carboxylic acids is 2. The highest BCUT2D eigenvalue weighted by Gasteiger charge is 2.46. The van der Waals surface area contributed by atoms with E-state index in [-0.39, 0.29) is 11.3 Å². The van der Waals surface area contributed by atoms with E-state index in [1.54, 1.807) is 23.1 Å². The van der Waals surface area contributed by atoms with Gasteiger partial charge in [0.1, 0.15) is 11.5 Å². The van der Waals surface area contributed by atoms with Crippen molar-refractivity contribution in [2.45, 2.75) is 40.2 Å². The summed E-state index contributed by atoms with van der Waals surface area (Å²) < 4.78 is 6.64. The Morgan fingerprint density at radius 1 is 1.09 bits per heavy atom. The molecule has 6 nitrogen and oxygen atoms in total. The van der Waals surface area contributed by atoms with Gasteiger partial charge in [0.05, 0.1) is 18.2 Å². The molecule has 182 valence electrons. The van der Waals surface area contributed by atoms with Gasteiger partial charge in [-0.15, -0.1) is 0 Å². The second-order valence-electron chi connectivity index (χ2n) is 8.40. The summed E-state index contributed by atoms with van der Waals surface area (Å²) in [5, 5.41) is 11.3. The van der Waals surface area contributed by atoms with Crippen molar-refractivity contribution >= 4 is 33.4 Å². The molecule has 1 saturated heterocycles. The maximum Gasteiger partial charge on any atom is 0.295 e. The number of hydrogen-bond donors (Lipinski definition) is 1. The zero-order chi connectivity index (χ0) is 24.8. The van der Waals surface area contributed by atoms with Crippen LogP contribution in [0, 0.1) is 6.92 Å². The summed E-state index contributed by atoms with van der Waals surface area (Å²) in [5.74, 6) is -0.667. The maximum atomic E-state index is 13.2. The highest BCUT2D eigenvalue weighted by molar-refractivity contribution is 9.10. The number of likely N-dealkylation sites (tertiary alicyclic amines) is 1. The monoisotopic (exact) mass is 528 g/mol. The first kappa shape index (κ1) is 26.0. The van der Waals surface area contributed by atoms with Crippen molar-refractivity contribution in [1.82, 2.24) is 9.80 Å². The Labute approximate surface area is 210 Å². The van der Waals surface area contributed by atoms with Crippen molar-refractivity contribution in [3.8, 4) is 5.75 Å². The molecule has 0 spiro atoms. The predicted octanol–water partition coefficient (Wildman–Crippen LogP) is 5.31. The molecule has 0 bridgehead atoms. The third kappa shape index (κ3) is 5.53. The van der Waals surface area contributed by atoms with E-state index in [0.717, 1.165) is 40.9 Å². The number of aryl methyl sites for hydroxylation is 1. The standard InChI is InChI=1S/C27H33BrN2O4/c1-5-16-34-22-13-10-20(17-18(22)4)25(31)23-24(19-8-11-21(28)12-9-19)30(27(33)26(23)32)15-14-29(6-2)7-3/h8-13,17,24,31H,5-7,14-16H2,1-4H3/b25-23+. The molecule has 1 heterocycles. The van der Waals surface area contributed by atoms with E-state index >= 15 is 0 Å². The number of benzene rings is 2. The van der Waals surface area contributed by atoms with Crippen molar-refractivity contribution in [2.75, 3.05) is 32.8 Å². The third-order valence-electron chi connectivity index (χ3n) is 6.19. The number of ketones is 1. The molecule has 1 aliphatic heterocycles. The Kier molecular flexibility index (Phi) is 8.91. The summed E-state index contributed by atoms with van der Waals surface area (Å²) in [5.41, 5.74) is 2.25. The number of hydrogen-bond acceptors (Lipinski definition) is 5. The molecule has 1 fully saturated rings. The van der Waals surface area contributed by atoms with E-state index in [1.165, 1.54) is 0 Å². The quantitative estimate of drug-likeness (QED) is 0.257. The summed E-state index contributed by atoms with van der Waals surface area (Å²) in [7, 11) is 0. The summed E-state index contributed by atoms with van der Waals surface area (Å²) in [6.07, 6.45) is 0.894. The van der Waals surface area contributed by atoms with E-state index < -0.39 is 17.7 Å². The second-order valence-corrected chi connectivity index (χ2v) is 9.32. The van der Waals surface area contributed by atoms with Crippen LogP contribution in [-0.4, -0.2) is 59.4 Å². The summed E-state index contributed by atoms with van der Waals surface area (Å²) in [6, 6.07) is 12.2. The van der Waals surface area contributed by atoms with Gasteiger partial charge in [-0.2, -0.15) is 0 Å². The minimum Gasteiger partial charge on any atom is -0.507 e. The molecule has 1 atom stereocenters. The third-order valence-corrected chi connectivity index (χ3v) is 6.72. The van der Waals surface area contributed by atoms with Crippen LogP contribution in [0.2, 0.25) is 0 Å². The van der Waals surface area contributed by atoms with Crippen molar-refractivity contribution in [3.05, 3.63) is 69.2 Å². The van der Waals surface area contributed by atoms with Gasteiger partial charge in [-0.1, -0.05) is 48.8 Å². The van der Waals surface area contributed by atoms with Crippen LogP contribution in [-0.2, 0) is 9.59 Å². The average molecular weight is 529 g/mol. The van der Waals surface area contributed by atoms with E-state index in [9.17, 15) is 14.7 Å². The number of halogens is 1. The molecule has 2 aromatic carbocycles. The molecule has 0 aliphatic carbocycles. The lowest BCUT2D eigenvalue weighted by atomic mass is 9.95.